The minimum Gasteiger partial charge on any atom is -0.486 e. The minimum atomic E-state index is -0.162. The molecule has 0 fully saturated rings. The van der Waals surface area contributed by atoms with Gasteiger partial charge in [-0.05, 0) is 12.1 Å². The first kappa shape index (κ1) is 11.6. The van der Waals surface area contributed by atoms with Gasteiger partial charge in [0.25, 0.3) is 0 Å². The first-order valence-corrected chi connectivity index (χ1v) is 5.90. The number of carbonyl (C=O) groups excluding carboxylic acids is 1. The number of aromatic nitrogens is 1. The quantitative estimate of drug-likeness (QED) is 0.907. The van der Waals surface area contributed by atoms with Crippen LogP contribution in [0.5, 0.6) is 11.5 Å². The Balaban J connectivity index is 1.67. The molecule has 1 aromatic carbocycles. The van der Waals surface area contributed by atoms with Crippen molar-refractivity contribution in [3.63, 3.8) is 0 Å². The van der Waals surface area contributed by atoms with Gasteiger partial charge in [0.2, 0.25) is 5.91 Å². The summed E-state index contributed by atoms with van der Waals surface area (Å²) in [5.74, 6) is 1.18. The zero-order valence-electron chi connectivity index (χ0n) is 10.1. The summed E-state index contributed by atoms with van der Waals surface area (Å²) in [6.45, 7) is 1.06. The summed E-state index contributed by atoms with van der Waals surface area (Å²) < 4.78 is 15.5. The lowest BCUT2D eigenvalue weighted by Gasteiger charge is -2.18. The largest absolute Gasteiger partial charge is 0.486 e. The fourth-order valence-electron chi connectivity index (χ4n) is 1.82. The van der Waals surface area contributed by atoms with Gasteiger partial charge in [-0.25, -0.2) is 0 Å². The Bertz CT molecular complexity index is 580. The summed E-state index contributed by atoms with van der Waals surface area (Å²) >= 11 is 0. The lowest BCUT2D eigenvalue weighted by Crippen LogP contribution is -2.17. The van der Waals surface area contributed by atoms with Crippen LogP contribution >= 0.6 is 0 Å². The molecule has 0 atom stereocenters. The Morgan fingerprint density at radius 2 is 2.05 bits per heavy atom. The minimum absolute atomic E-state index is 0.162. The molecule has 3 rings (SSSR count). The summed E-state index contributed by atoms with van der Waals surface area (Å²) in [6.07, 6.45) is 1.61. The van der Waals surface area contributed by atoms with Crippen LogP contribution in [0.3, 0.4) is 0 Å². The number of hydrogen-bond donors (Lipinski definition) is 1. The molecule has 1 N–H and O–H groups in total. The molecule has 19 heavy (non-hydrogen) atoms. The van der Waals surface area contributed by atoms with Gasteiger partial charge in [-0.3, -0.25) is 4.79 Å². The van der Waals surface area contributed by atoms with E-state index in [4.69, 9.17) is 9.47 Å². The predicted molar refractivity (Wildman–Crippen MR) is 66.3 cm³/mol. The van der Waals surface area contributed by atoms with E-state index in [0.29, 0.717) is 36.1 Å². The van der Waals surface area contributed by atoms with E-state index in [1.807, 2.05) is 0 Å². The van der Waals surface area contributed by atoms with Gasteiger partial charge >= 0.3 is 0 Å². The van der Waals surface area contributed by atoms with Crippen molar-refractivity contribution in [1.82, 2.24) is 5.16 Å². The number of carbonyl (C=O) groups is 1. The molecule has 0 spiro atoms. The first-order valence-electron chi connectivity index (χ1n) is 5.90. The average Bonchev–Trinajstić information content (AvgIpc) is 2.91. The summed E-state index contributed by atoms with van der Waals surface area (Å²) in [5.41, 5.74) is 1.26. The van der Waals surface area contributed by atoms with E-state index in [9.17, 15) is 4.79 Å². The summed E-state index contributed by atoms with van der Waals surface area (Å²) in [6, 6.07) is 6.95. The normalized spacial score (nSPS) is 13.1. The van der Waals surface area contributed by atoms with Crippen LogP contribution in [0.4, 0.5) is 5.69 Å². The summed E-state index contributed by atoms with van der Waals surface area (Å²) in [5, 5.41) is 6.46. The van der Waals surface area contributed by atoms with Gasteiger partial charge in [0.1, 0.15) is 19.5 Å². The molecule has 2 aromatic rings. The van der Waals surface area contributed by atoms with Crippen LogP contribution in [0.1, 0.15) is 5.69 Å². The van der Waals surface area contributed by atoms with Crippen molar-refractivity contribution in [3.05, 3.63) is 36.2 Å². The van der Waals surface area contributed by atoms with Crippen LogP contribution < -0.4 is 14.8 Å². The molecule has 6 nitrogen and oxygen atoms in total. The highest BCUT2D eigenvalue weighted by Crippen LogP contribution is 2.32. The number of benzene rings is 1. The molecular formula is C13H12N2O4. The molecule has 0 unspecified atom stereocenters. The van der Waals surface area contributed by atoms with E-state index in [2.05, 4.69) is 15.0 Å². The van der Waals surface area contributed by atoms with E-state index >= 15 is 0 Å². The molecule has 2 heterocycles. The maximum atomic E-state index is 11.8. The number of hydrogen-bond acceptors (Lipinski definition) is 5. The van der Waals surface area contributed by atoms with E-state index in [0.717, 1.165) is 0 Å². The van der Waals surface area contributed by atoms with Crippen LogP contribution in [0, 0.1) is 0 Å². The second-order valence-electron chi connectivity index (χ2n) is 4.07. The maximum Gasteiger partial charge on any atom is 0.230 e. The number of ether oxygens (including phenoxy) is 2. The Morgan fingerprint density at radius 1 is 1.21 bits per heavy atom. The molecule has 1 aromatic heterocycles. The third-order valence-electron chi connectivity index (χ3n) is 2.66. The summed E-state index contributed by atoms with van der Waals surface area (Å²) in [7, 11) is 0. The van der Waals surface area contributed by atoms with Crippen LogP contribution in [-0.4, -0.2) is 24.3 Å². The van der Waals surface area contributed by atoms with Gasteiger partial charge in [-0.1, -0.05) is 5.16 Å². The van der Waals surface area contributed by atoms with E-state index in [1.54, 1.807) is 24.3 Å². The van der Waals surface area contributed by atoms with Crippen molar-refractivity contribution in [3.8, 4) is 11.5 Å². The van der Waals surface area contributed by atoms with Crippen LogP contribution in [0.2, 0.25) is 0 Å². The van der Waals surface area contributed by atoms with E-state index in [-0.39, 0.29) is 12.3 Å². The monoisotopic (exact) mass is 260 g/mol. The van der Waals surface area contributed by atoms with Gasteiger partial charge in [0, 0.05) is 17.8 Å². The fraction of sp³-hybridized carbons (Fsp3) is 0.231. The molecule has 6 heteroatoms. The van der Waals surface area contributed by atoms with Crippen molar-refractivity contribution in [2.75, 3.05) is 18.5 Å². The topological polar surface area (TPSA) is 73.6 Å². The Morgan fingerprint density at radius 3 is 2.84 bits per heavy atom. The Hall–Kier alpha value is -2.50. The molecule has 1 amide bonds. The highest BCUT2D eigenvalue weighted by atomic mass is 16.6. The Kier molecular flexibility index (Phi) is 3.06. The van der Waals surface area contributed by atoms with E-state index < -0.39 is 0 Å². The van der Waals surface area contributed by atoms with Crippen molar-refractivity contribution < 1.29 is 18.8 Å². The predicted octanol–water partition coefficient (Wildman–Crippen LogP) is 1.63. The number of nitrogens with one attached hydrogen (secondary N) is 1. The van der Waals surface area contributed by atoms with Crippen molar-refractivity contribution in [2.45, 2.75) is 6.42 Å². The van der Waals surface area contributed by atoms with Crippen LogP contribution in [-0.2, 0) is 11.2 Å². The van der Waals surface area contributed by atoms with Crippen LogP contribution in [0.25, 0.3) is 0 Å². The van der Waals surface area contributed by atoms with Gasteiger partial charge in [-0.2, -0.15) is 0 Å². The van der Waals surface area contributed by atoms with Gasteiger partial charge in [0.15, 0.2) is 11.5 Å². The molecule has 0 bridgehead atoms. The van der Waals surface area contributed by atoms with Crippen LogP contribution in [0.15, 0.2) is 35.1 Å². The van der Waals surface area contributed by atoms with Crippen molar-refractivity contribution in [1.29, 1.82) is 0 Å². The number of rotatable bonds is 3. The smallest absolute Gasteiger partial charge is 0.230 e. The lowest BCUT2D eigenvalue weighted by atomic mass is 10.2. The molecule has 1 aliphatic rings. The number of amides is 1. The molecular weight excluding hydrogens is 248 g/mol. The van der Waals surface area contributed by atoms with Crippen molar-refractivity contribution in [2.24, 2.45) is 0 Å². The lowest BCUT2D eigenvalue weighted by molar-refractivity contribution is -0.115. The Labute approximate surface area is 109 Å². The van der Waals surface area contributed by atoms with Crippen molar-refractivity contribution >= 4 is 11.6 Å². The first-order chi connectivity index (χ1) is 9.31. The molecule has 0 radical (unpaired) electrons. The number of fused-ring (bicyclic) bond motifs is 1. The molecule has 98 valence electrons. The molecule has 0 saturated carbocycles. The third-order valence-corrected chi connectivity index (χ3v) is 2.66. The number of anilines is 1. The van der Waals surface area contributed by atoms with Gasteiger partial charge in [0.05, 0.1) is 12.1 Å². The second kappa shape index (κ2) is 5.01. The molecule has 1 aliphatic heterocycles. The van der Waals surface area contributed by atoms with Gasteiger partial charge in [-0.15, -0.1) is 0 Å². The fourth-order valence-corrected chi connectivity index (χ4v) is 1.82. The molecule has 0 aliphatic carbocycles. The standard InChI is InChI=1S/C13H12N2O4/c16-13(8-10-3-4-19-15-10)14-9-1-2-11-12(7-9)18-6-5-17-11/h1-4,7H,5-6,8H2,(H,14,16). The average molecular weight is 260 g/mol. The summed E-state index contributed by atoms with van der Waals surface area (Å²) in [4.78, 5) is 11.8. The second-order valence-corrected chi connectivity index (χ2v) is 4.07. The van der Waals surface area contributed by atoms with Gasteiger partial charge < -0.3 is 19.3 Å². The third kappa shape index (κ3) is 2.67. The zero-order valence-corrected chi connectivity index (χ0v) is 10.1. The maximum absolute atomic E-state index is 11.8. The number of nitrogens with zero attached hydrogens (tertiary/aromatic N) is 1. The highest BCUT2D eigenvalue weighted by molar-refractivity contribution is 5.92. The molecule has 0 saturated heterocycles. The van der Waals surface area contributed by atoms with E-state index in [1.165, 1.54) is 6.26 Å². The zero-order chi connectivity index (χ0) is 13.1. The highest BCUT2D eigenvalue weighted by Gasteiger charge is 2.13. The SMILES string of the molecule is O=C(Cc1ccon1)Nc1ccc2c(c1)OCCO2.